The van der Waals surface area contributed by atoms with Gasteiger partial charge in [-0.2, -0.15) is 5.26 Å². The number of aromatic nitrogens is 1. The molecular weight excluding hydrogens is 470 g/mol. The normalized spacial score (nSPS) is 19.4. The Morgan fingerprint density at radius 1 is 1.31 bits per heavy atom. The number of anilines is 1. The maximum absolute atomic E-state index is 13.1. The number of amides is 1. The van der Waals surface area contributed by atoms with E-state index in [2.05, 4.69) is 37.2 Å². The maximum Gasteiger partial charge on any atom is 0.251 e. The standard InChI is InChI=1S/C24H24BrN5O2/c1-15-13-30(21-9-8-16(11-26)23-18(21)6-4-10-28-23)14-22(32-15)24(31)29-20(12-27)17-5-2-3-7-19(17)25/h2-10,15,20,22H,12-14,27H2,1H3,(H,29,31)/t15-,20?,22-/m1/s1. The van der Waals surface area contributed by atoms with Crippen molar-refractivity contribution in [3.05, 3.63) is 70.3 Å². The lowest BCUT2D eigenvalue weighted by atomic mass is 10.0. The SMILES string of the molecule is C[C@@H]1CN(c2ccc(C#N)c3ncccc23)C[C@H](C(=O)NC(CN)c2ccccc2Br)O1. The van der Waals surface area contributed by atoms with E-state index in [1.54, 1.807) is 12.3 Å². The molecule has 1 fully saturated rings. The first kappa shape index (κ1) is 22.2. The predicted octanol–water partition coefficient (Wildman–Crippen LogP) is 3.28. The molecular formula is C24H24BrN5O2. The van der Waals surface area contributed by atoms with Crippen molar-refractivity contribution in [1.29, 1.82) is 5.26 Å². The van der Waals surface area contributed by atoms with Crippen LogP contribution in [0.3, 0.4) is 0 Å². The van der Waals surface area contributed by atoms with Gasteiger partial charge in [0.2, 0.25) is 0 Å². The number of pyridine rings is 1. The molecule has 3 atom stereocenters. The average molecular weight is 494 g/mol. The summed E-state index contributed by atoms with van der Waals surface area (Å²) in [6, 6.07) is 17.1. The summed E-state index contributed by atoms with van der Waals surface area (Å²) in [5, 5.41) is 13.3. The molecule has 0 radical (unpaired) electrons. The van der Waals surface area contributed by atoms with E-state index in [4.69, 9.17) is 10.5 Å². The molecule has 1 saturated heterocycles. The number of halogens is 1. The van der Waals surface area contributed by atoms with Crippen LogP contribution in [0.25, 0.3) is 10.9 Å². The summed E-state index contributed by atoms with van der Waals surface area (Å²) >= 11 is 3.53. The van der Waals surface area contributed by atoms with Crippen molar-refractivity contribution < 1.29 is 9.53 Å². The molecule has 2 aromatic carbocycles. The Morgan fingerprint density at radius 2 is 2.12 bits per heavy atom. The van der Waals surface area contributed by atoms with Crippen LogP contribution in [0.5, 0.6) is 0 Å². The highest BCUT2D eigenvalue weighted by molar-refractivity contribution is 9.10. The van der Waals surface area contributed by atoms with Gasteiger partial charge >= 0.3 is 0 Å². The van der Waals surface area contributed by atoms with Gasteiger partial charge in [0.1, 0.15) is 6.07 Å². The quantitative estimate of drug-likeness (QED) is 0.564. The fourth-order valence-corrected chi connectivity index (χ4v) is 4.66. The van der Waals surface area contributed by atoms with Gasteiger partial charge in [-0.1, -0.05) is 34.1 Å². The Morgan fingerprint density at radius 3 is 2.88 bits per heavy atom. The molecule has 2 heterocycles. The topological polar surface area (TPSA) is 104 Å². The van der Waals surface area contributed by atoms with Crippen molar-refractivity contribution in [1.82, 2.24) is 10.3 Å². The lowest BCUT2D eigenvalue weighted by molar-refractivity contribution is -0.138. The van der Waals surface area contributed by atoms with Crippen LogP contribution in [0.4, 0.5) is 5.69 Å². The maximum atomic E-state index is 13.1. The minimum Gasteiger partial charge on any atom is -0.365 e. The second kappa shape index (κ2) is 9.65. The van der Waals surface area contributed by atoms with Gasteiger partial charge < -0.3 is 20.7 Å². The van der Waals surface area contributed by atoms with E-state index in [0.717, 1.165) is 21.1 Å². The number of carbonyl (C=O) groups is 1. The zero-order valence-corrected chi connectivity index (χ0v) is 19.2. The number of nitrogens with one attached hydrogen (secondary N) is 1. The van der Waals surface area contributed by atoms with Crippen LogP contribution in [-0.2, 0) is 9.53 Å². The third-order valence-corrected chi connectivity index (χ3v) is 6.32. The van der Waals surface area contributed by atoms with Crippen LogP contribution in [0.2, 0.25) is 0 Å². The zero-order chi connectivity index (χ0) is 22.7. The summed E-state index contributed by atoms with van der Waals surface area (Å²) in [7, 11) is 0. The van der Waals surface area contributed by atoms with Gasteiger partial charge in [-0.15, -0.1) is 0 Å². The van der Waals surface area contributed by atoms with Crippen LogP contribution in [0.15, 0.2) is 59.2 Å². The third kappa shape index (κ3) is 4.46. The number of morpholine rings is 1. The van der Waals surface area contributed by atoms with Crippen LogP contribution in [0, 0.1) is 11.3 Å². The third-order valence-electron chi connectivity index (χ3n) is 5.59. The van der Waals surface area contributed by atoms with Gasteiger partial charge in [0, 0.05) is 34.8 Å². The summed E-state index contributed by atoms with van der Waals surface area (Å²) < 4.78 is 6.89. The van der Waals surface area contributed by atoms with Crippen LogP contribution in [-0.4, -0.2) is 42.7 Å². The molecule has 0 aliphatic carbocycles. The Labute approximate surface area is 195 Å². The van der Waals surface area contributed by atoms with Crippen molar-refractivity contribution in [3.63, 3.8) is 0 Å². The van der Waals surface area contributed by atoms with E-state index in [1.165, 1.54) is 0 Å². The van der Waals surface area contributed by atoms with E-state index in [9.17, 15) is 10.1 Å². The van der Waals surface area contributed by atoms with Gasteiger partial charge in [0.05, 0.1) is 29.8 Å². The average Bonchev–Trinajstić information content (AvgIpc) is 2.81. The molecule has 32 heavy (non-hydrogen) atoms. The van der Waals surface area contributed by atoms with Gasteiger partial charge in [-0.25, -0.2) is 0 Å². The number of nitriles is 1. The Balaban J connectivity index is 1.58. The first-order valence-corrected chi connectivity index (χ1v) is 11.2. The molecule has 4 rings (SSSR count). The molecule has 1 aromatic heterocycles. The minimum atomic E-state index is -0.655. The van der Waals surface area contributed by atoms with Gasteiger partial charge in [-0.3, -0.25) is 9.78 Å². The number of hydrogen-bond donors (Lipinski definition) is 2. The fourth-order valence-electron chi connectivity index (χ4n) is 4.10. The number of benzene rings is 2. The smallest absolute Gasteiger partial charge is 0.251 e. The Kier molecular flexibility index (Phi) is 6.70. The fraction of sp³-hybridized carbons (Fsp3) is 0.292. The van der Waals surface area contributed by atoms with Gasteiger partial charge in [0.15, 0.2) is 6.10 Å². The monoisotopic (exact) mass is 493 g/mol. The zero-order valence-electron chi connectivity index (χ0n) is 17.7. The van der Waals surface area contributed by atoms with E-state index < -0.39 is 6.10 Å². The first-order chi connectivity index (χ1) is 15.5. The summed E-state index contributed by atoms with van der Waals surface area (Å²) in [5.74, 6) is -0.205. The van der Waals surface area contributed by atoms with E-state index in [-0.39, 0.29) is 24.6 Å². The lowest BCUT2D eigenvalue weighted by Gasteiger charge is -2.38. The van der Waals surface area contributed by atoms with Crippen LogP contribution >= 0.6 is 15.9 Å². The van der Waals surface area contributed by atoms with Crippen molar-refractivity contribution in [2.75, 3.05) is 24.5 Å². The van der Waals surface area contributed by atoms with Crippen molar-refractivity contribution in [2.45, 2.75) is 25.2 Å². The number of fused-ring (bicyclic) bond motifs is 1. The van der Waals surface area contributed by atoms with Crippen molar-refractivity contribution in [2.24, 2.45) is 5.73 Å². The first-order valence-electron chi connectivity index (χ1n) is 10.4. The summed E-state index contributed by atoms with van der Waals surface area (Å²) in [5.41, 5.74) is 9.01. The molecule has 8 heteroatoms. The number of hydrogen-bond acceptors (Lipinski definition) is 6. The number of ether oxygens (including phenoxy) is 1. The highest BCUT2D eigenvalue weighted by Crippen LogP contribution is 2.30. The summed E-state index contributed by atoms with van der Waals surface area (Å²) in [6.07, 6.45) is 0.874. The second-order valence-corrected chi connectivity index (χ2v) is 8.66. The number of rotatable bonds is 5. The predicted molar refractivity (Wildman–Crippen MR) is 127 cm³/mol. The largest absolute Gasteiger partial charge is 0.365 e. The molecule has 3 aromatic rings. The van der Waals surface area contributed by atoms with Crippen molar-refractivity contribution >= 4 is 38.4 Å². The highest BCUT2D eigenvalue weighted by Gasteiger charge is 2.32. The summed E-state index contributed by atoms with van der Waals surface area (Å²) in [6.45, 7) is 3.24. The number of nitrogens with zero attached hydrogens (tertiary/aromatic N) is 3. The number of nitrogens with two attached hydrogens (primary N) is 1. The molecule has 1 aliphatic heterocycles. The minimum absolute atomic E-state index is 0.151. The number of carbonyl (C=O) groups excluding carboxylic acids is 1. The van der Waals surface area contributed by atoms with Crippen LogP contribution < -0.4 is 16.0 Å². The van der Waals surface area contributed by atoms with E-state index >= 15 is 0 Å². The molecule has 1 aliphatic rings. The van der Waals surface area contributed by atoms with E-state index in [0.29, 0.717) is 24.2 Å². The highest BCUT2D eigenvalue weighted by atomic mass is 79.9. The second-order valence-electron chi connectivity index (χ2n) is 7.80. The van der Waals surface area contributed by atoms with Gasteiger partial charge in [-0.05, 0) is 42.8 Å². The molecule has 3 N–H and O–H groups in total. The lowest BCUT2D eigenvalue weighted by Crippen LogP contribution is -2.53. The molecule has 0 bridgehead atoms. The summed E-state index contributed by atoms with van der Waals surface area (Å²) in [4.78, 5) is 19.7. The van der Waals surface area contributed by atoms with Crippen molar-refractivity contribution in [3.8, 4) is 6.07 Å². The van der Waals surface area contributed by atoms with Crippen LogP contribution in [0.1, 0.15) is 24.1 Å². The molecule has 0 spiro atoms. The van der Waals surface area contributed by atoms with Gasteiger partial charge in [0.25, 0.3) is 5.91 Å². The molecule has 164 valence electrons. The molecule has 0 saturated carbocycles. The van der Waals surface area contributed by atoms with E-state index in [1.807, 2.05) is 49.4 Å². The Hall–Kier alpha value is -2.99. The molecule has 1 unspecified atom stereocenters. The Bertz CT molecular complexity index is 1180. The molecule has 7 nitrogen and oxygen atoms in total. The molecule has 1 amide bonds.